The van der Waals surface area contributed by atoms with E-state index in [1.807, 2.05) is 36.1 Å². The molecule has 3 rings (SSSR count). The third kappa shape index (κ3) is 7.78. The molecule has 1 aliphatic rings. The molecule has 7 nitrogen and oxygen atoms in total. The second-order valence-corrected chi connectivity index (χ2v) is 9.16. The van der Waals surface area contributed by atoms with Crippen molar-refractivity contribution in [3.8, 4) is 5.75 Å². The van der Waals surface area contributed by atoms with Crippen molar-refractivity contribution in [2.45, 2.75) is 40.2 Å². The molecule has 0 aliphatic carbocycles. The van der Waals surface area contributed by atoms with Crippen LogP contribution in [0.25, 0.3) is 0 Å². The van der Waals surface area contributed by atoms with Crippen LogP contribution in [-0.4, -0.2) is 72.1 Å². The molecule has 0 radical (unpaired) electrons. The maximum absolute atomic E-state index is 13.4. The summed E-state index contributed by atoms with van der Waals surface area (Å²) in [5.41, 5.74) is 3.45. The summed E-state index contributed by atoms with van der Waals surface area (Å²) in [6, 6.07) is 10.8. The number of nitrogens with zero attached hydrogens (tertiary/aromatic N) is 3. The molecule has 0 spiro atoms. The second-order valence-electron chi connectivity index (χ2n) is 9.16. The normalized spacial score (nSPS) is 15.2. The maximum Gasteiger partial charge on any atom is 0.338 e. The van der Waals surface area contributed by atoms with Crippen molar-refractivity contribution in [2.75, 3.05) is 39.3 Å². The Balaban J connectivity index is 1.54. The van der Waals surface area contributed by atoms with Crippen molar-refractivity contribution < 1.29 is 19.1 Å². The highest BCUT2D eigenvalue weighted by molar-refractivity contribution is 5.97. The minimum Gasteiger partial charge on any atom is -0.485 e. The van der Waals surface area contributed by atoms with Gasteiger partial charge in [-0.15, -0.1) is 0 Å². The maximum atomic E-state index is 13.4. The number of hydrogen-bond donors (Lipinski definition) is 0. The molecule has 1 fully saturated rings. The van der Waals surface area contributed by atoms with E-state index in [4.69, 9.17) is 9.47 Å². The number of pyridine rings is 1. The van der Waals surface area contributed by atoms with Gasteiger partial charge in [0.1, 0.15) is 18.5 Å². The van der Waals surface area contributed by atoms with Crippen molar-refractivity contribution in [3.05, 3.63) is 83.2 Å². The molecule has 1 saturated heterocycles. The SMILES string of the molecule is C/C=C(\C)C(CC=C(C)C)Oc1ccccc1C(=O)N1CCN(CCOC(=O)c2ccncc2)CC1. The van der Waals surface area contributed by atoms with E-state index < -0.39 is 0 Å². The van der Waals surface area contributed by atoms with Gasteiger partial charge in [-0.1, -0.05) is 29.9 Å². The predicted molar refractivity (Wildman–Crippen MR) is 141 cm³/mol. The molecule has 1 aromatic carbocycles. The Hall–Kier alpha value is -3.45. The molecule has 1 amide bonds. The van der Waals surface area contributed by atoms with Crippen LogP contribution < -0.4 is 4.74 Å². The zero-order valence-corrected chi connectivity index (χ0v) is 21.8. The van der Waals surface area contributed by atoms with Crippen molar-refractivity contribution >= 4 is 11.9 Å². The molecular weight excluding hydrogens is 454 g/mol. The van der Waals surface area contributed by atoms with E-state index in [-0.39, 0.29) is 18.0 Å². The van der Waals surface area contributed by atoms with Gasteiger partial charge in [-0.2, -0.15) is 0 Å². The highest BCUT2D eigenvalue weighted by atomic mass is 16.5. The number of hydrogen-bond acceptors (Lipinski definition) is 6. The Bertz CT molecular complexity index is 1070. The number of carbonyl (C=O) groups is 2. The van der Waals surface area contributed by atoms with Gasteiger partial charge in [0.2, 0.25) is 0 Å². The molecule has 0 bridgehead atoms. The molecule has 1 aliphatic heterocycles. The number of aromatic nitrogens is 1. The van der Waals surface area contributed by atoms with E-state index in [2.05, 4.69) is 42.8 Å². The fourth-order valence-corrected chi connectivity index (χ4v) is 3.94. The Morgan fingerprint density at radius 2 is 1.72 bits per heavy atom. The fourth-order valence-electron chi connectivity index (χ4n) is 3.94. The van der Waals surface area contributed by atoms with Crippen LogP contribution in [0.15, 0.2) is 72.1 Å². The number of piperazine rings is 1. The van der Waals surface area contributed by atoms with Crippen molar-refractivity contribution in [1.82, 2.24) is 14.8 Å². The third-order valence-electron chi connectivity index (χ3n) is 6.31. The van der Waals surface area contributed by atoms with Gasteiger partial charge < -0.3 is 14.4 Å². The van der Waals surface area contributed by atoms with Crippen molar-refractivity contribution in [2.24, 2.45) is 0 Å². The summed E-state index contributed by atoms with van der Waals surface area (Å²) in [5, 5.41) is 0. The van der Waals surface area contributed by atoms with Crippen LogP contribution in [0.4, 0.5) is 0 Å². The van der Waals surface area contributed by atoms with Crippen LogP contribution in [-0.2, 0) is 4.74 Å². The van der Waals surface area contributed by atoms with Gasteiger partial charge in [0, 0.05) is 51.5 Å². The van der Waals surface area contributed by atoms with Crippen molar-refractivity contribution in [1.29, 1.82) is 0 Å². The topological polar surface area (TPSA) is 72.0 Å². The van der Waals surface area contributed by atoms with Gasteiger partial charge in [-0.05, 0) is 57.5 Å². The molecule has 0 saturated carbocycles. The lowest BCUT2D eigenvalue weighted by Crippen LogP contribution is -2.49. The van der Waals surface area contributed by atoms with E-state index >= 15 is 0 Å². The van der Waals surface area contributed by atoms with Gasteiger partial charge in [-0.3, -0.25) is 14.7 Å². The lowest BCUT2D eigenvalue weighted by atomic mass is 10.1. The number of para-hydroxylation sites is 1. The first-order chi connectivity index (χ1) is 17.4. The number of carbonyl (C=O) groups excluding carboxylic acids is 2. The Morgan fingerprint density at radius 3 is 2.39 bits per heavy atom. The molecule has 0 N–H and O–H groups in total. The van der Waals surface area contributed by atoms with Crippen LogP contribution in [0.1, 0.15) is 54.8 Å². The zero-order chi connectivity index (χ0) is 25.9. The van der Waals surface area contributed by atoms with Gasteiger partial charge in [0.15, 0.2) is 0 Å². The lowest BCUT2D eigenvalue weighted by Gasteiger charge is -2.35. The molecule has 36 heavy (non-hydrogen) atoms. The van der Waals surface area contributed by atoms with E-state index in [1.54, 1.807) is 24.5 Å². The summed E-state index contributed by atoms with van der Waals surface area (Å²) in [6.45, 7) is 11.8. The molecule has 7 heteroatoms. The van der Waals surface area contributed by atoms with E-state index in [0.717, 1.165) is 25.1 Å². The van der Waals surface area contributed by atoms with Crippen LogP contribution in [0.3, 0.4) is 0 Å². The fraction of sp³-hybridized carbons (Fsp3) is 0.414. The van der Waals surface area contributed by atoms with Crippen molar-refractivity contribution in [3.63, 3.8) is 0 Å². The Morgan fingerprint density at radius 1 is 1.03 bits per heavy atom. The van der Waals surface area contributed by atoms with Gasteiger partial charge in [-0.25, -0.2) is 4.79 Å². The quantitative estimate of drug-likeness (QED) is 0.352. The minimum atomic E-state index is -0.348. The smallest absolute Gasteiger partial charge is 0.338 e. The molecule has 1 atom stereocenters. The molecule has 2 heterocycles. The molecular formula is C29H37N3O4. The summed E-state index contributed by atoms with van der Waals surface area (Å²) >= 11 is 0. The number of benzene rings is 1. The standard InChI is InChI=1S/C29H37N3O4/c1-5-23(4)26(11-10-22(2)3)36-27-9-7-6-8-25(27)28(33)32-18-16-31(17-19-32)20-21-35-29(34)24-12-14-30-15-13-24/h5-10,12-15,26H,11,16-21H2,1-4H3/b23-5+. The molecule has 2 aromatic rings. The average molecular weight is 492 g/mol. The lowest BCUT2D eigenvalue weighted by molar-refractivity contribution is 0.0411. The zero-order valence-electron chi connectivity index (χ0n) is 21.8. The summed E-state index contributed by atoms with van der Waals surface area (Å²) in [7, 11) is 0. The van der Waals surface area contributed by atoms with E-state index in [0.29, 0.717) is 43.1 Å². The van der Waals surface area contributed by atoms with Crippen LogP contribution in [0, 0.1) is 0 Å². The molecule has 1 aromatic heterocycles. The summed E-state index contributed by atoms with van der Waals surface area (Å²) in [4.78, 5) is 33.5. The monoisotopic (exact) mass is 491 g/mol. The van der Waals surface area contributed by atoms with Crippen LogP contribution in [0.5, 0.6) is 5.75 Å². The highest BCUT2D eigenvalue weighted by Gasteiger charge is 2.25. The third-order valence-corrected chi connectivity index (χ3v) is 6.31. The van der Waals surface area contributed by atoms with E-state index in [1.165, 1.54) is 5.57 Å². The largest absolute Gasteiger partial charge is 0.485 e. The Kier molecular flexibility index (Phi) is 10.2. The number of rotatable bonds is 10. The number of ether oxygens (including phenoxy) is 2. The summed E-state index contributed by atoms with van der Waals surface area (Å²) < 4.78 is 11.7. The predicted octanol–water partition coefficient (Wildman–Crippen LogP) is 4.77. The first kappa shape index (κ1) is 27.1. The summed E-state index contributed by atoms with van der Waals surface area (Å²) in [5.74, 6) is 0.244. The number of esters is 1. The van der Waals surface area contributed by atoms with E-state index in [9.17, 15) is 9.59 Å². The number of amides is 1. The molecule has 192 valence electrons. The minimum absolute atomic E-state index is 0.0199. The average Bonchev–Trinajstić information content (AvgIpc) is 2.91. The first-order valence-corrected chi connectivity index (χ1v) is 12.5. The van der Waals surface area contributed by atoms with Crippen LogP contribution >= 0.6 is 0 Å². The Labute approximate surface area is 214 Å². The highest BCUT2D eigenvalue weighted by Crippen LogP contribution is 2.25. The van der Waals surface area contributed by atoms with Gasteiger partial charge >= 0.3 is 5.97 Å². The van der Waals surface area contributed by atoms with Crippen LogP contribution in [0.2, 0.25) is 0 Å². The van der Waals surface area contributed by atoms with Gasteiger partial charge in [0.05, 0.1) is 11.1 Å². The second kappa shape index (κ2) is 13.6. The summed E-state index contributed by atoms with van der Waals surface area (Å²) in [6.07, 6.45) is 8.00. The number of allylic oxidation sites excluding steroid dienone is 2. The molecule has 1 unspecified atom stereocenters. The van der Waals surface area contributed by atoms with Gasteiger partial charge in [0.25, 0.3) is 5.91 Å². The first-order valence-electron chi connectivity index (χ1n) is 12.5.